The summed E-state index contributed by atoms with van der Waals surface area (Å²) < 4.78 is 0. The van der Waals surface area contributed by atoms with Gasteiger partial charge in [0.1, 0.15) is 24.2 Å². The molecule has 0 aromatic rings. The Morgan fingerprint density at radius 1 is 0.522 bits per heavy atom. The normalized spacial score (nSPS) is 15.0. The highest BCUT2D eigenvalue weighted by Crippen LogP contribution is 2.22. The zero-order chi connectivity index (χ0) is 36.0. The number of nitrogens with one attached hydrogen (secondary N) is 3. The van der Waals surface area contributed by atoms with Gasteiger partial charge >= 0.3 is 0 Å². The molecule has 0 aliphatic carbocycles. The minimum atomic E-state index is -0.882. The molecule has 0 fully saturated rings. The molecule has 5 atom stereocenters. The molecule has 0 spiro atoms. The van der Waals surface area contributed by atoms with Gasteiger partial charge in [0.25, 0.3) is 0 Å². The van der Waals surface area contributed by atoms with Crippen LogP contribution in [0, 0.1) is 29.6 Å². The SMILES string of the molecule is CCCCCCNC(=O)[C@H](C(C)C)N(C)C(=O)[C@H](C(C)C)N(C)C(=O)[C@H](C(C)C)N(C)C(=O)[C@@H](NC(=O)[C@@H](NC)C(C)C)C(C)C. The smallest absolute Gasteiger partial charge is 0.246 e. The number of carbonyl (C=O) groups excluding carboxylic acids is 5. The summed E-state index contributed by atoms with van der Waals surface area (Å²) in [7, 11) is 6.50. The summed E-state index contributed by atoms with van der Waals surface area (Å²) in [6, 6.07) is -3.75. The van der Waals surface area contributed by atoms with Gasteiger partial charge in [-0.1, -0.05) is 95.4 Å². The number of hydrogen-bond donors (Lipinski definition) is 3. The van der Waals surface area contributed by atoms with Crippen molar-refractivity contribution in [2.24, 2.45) is 29.6 Å². The number of carbonyl (C=O) groups is 5. The van der Waals surface area contributed by atoms with Gasteiger partial charge in [0.2, 0.25) is 29.5 Å². The van der Waals surface area contributed by atoms with Gasteiger partial charge in [-0.3, -0.25) is 24.0 Å². The van der Waals surface area contributed by atoms with Crippen molar-refractivity contribution in [3.05, 3.63) is 0 Å². The third kappa shape index (κ3) is 12.2. The first-order chi connectivity index (χ1) is 21.3. The van der Waals surface area contributed by atoms with E-state index in [-0.39, 0.29) is 59.1 Å². The average molecular weight is 653 g/mol. The molecule has 46 heavy (non-hydrogen) atoms. The Morgan fingerprint density at radius 3 is 1.30 bits per heavy atom. The molecule has 0 heterocycles. The standard InChI is InChI=1S/C35H68N6O5/c1-16-17-18-19-20-37-32(43)28(23(6)7)39(13)34(45)30(25(10)11)41(15)35(46)29(24(8)9)40(14)33(44)27(22(4)5)38-31(42)26(36-12)21(2)3/h21-30,36H,16-20H2,1-15H3,(H,37,43)(H,38,42)/t26-,27-,28-,29-,30-/m0/s1. The molecular formula is C35H68N6O5. The molecular weight excluding hydrogens is 584 g/mol. The fourth-order valence-corrected chi connectivity index (χ4v) is 6.16. The summed E-state index contributed by atoms with van der Waals surface area (Å²) in [5.41, 5.74) is 0. The molecule has 11 heteroatoms. The highest BCUT2D eigenvalue weighted by molar-refractivity contribution is 5.96. The molecule has 0 saturated carbocycles. The fraction of sp³-hybridized carbons (Fsp3) is 0.857. The minimum Gasteiger partial charge on any atom is -0.354 e. The monoisotopic (exact) mass is 653 g/mol. The van der Waals surface area contributed by atoms with Crippen molar-refractivity contribution >= 4 is 29.5 Å². The van der Waals surface area contributed by atoms with E-state index in [1.165, 1.54) is 14.7 Å². The molecule has 0 aliphatic heterocycles. The van der Waals surface area contributed by atoms with Crippen molar-refractivity contribution in [2.45, 2.75) is 132 Å². The summed E-state index contributed by atoms with van der Waals surface area (Å²) in [4.78, 5) is 72.8. The minimum absolute atomic E-state index is 0.0140. The first-order valence-electron chi connectivity index (χ1n) is 17.3. The maximum Gasteiger partial charge on any atom is 0.246 e. The van der Waals surface area contributed by atoms with Crippen LogP contribution in [0.2, 0.25) is 0 Å². The fourth-order valence-electron chi connectivity index (χ4n) is 6.16. The summed E-state index contributed by atoms with van der Waals surface area (Å²) in [6.07, 6.45) is 4.13. The molecule has 0 bridgehead atoms. The number of likely N-dealkylation sites (N-methyl/N-ethyl adjacent to an activating group) is 4. The Balaban J connectivity index is 6.20. The highest BCUT2D eigenvalue weighted by atomic mass is 16.2. The summed E-state index contributed by atoms with van der Waals surface area (Å²) >= 11 is 0. The van der Waals surface area contributed by atoms with Gasteiger partial charge < -0.3 is 30.7 Å². The second-order valence-electron chi connectivity index (χ2n) is 14.5. The molecule has 5 amide bonds. The van der Waals surface area contributed by atoms with Crippen LogP contribution in [-0.4, -0.2) is 109 Å². The topological polar surface area (TPSA) is 131 Å². The van der Waals surface area contributed by atoms with Gasteiger partial charge in [0, 0.05) is 27.7 Å². The summed E-state index contributed by atoms with van der Waals surface area (Å²) in [5, 5.41) is 8.92. The molecule has 0 rings (SSSR count). The molecule has 0 aliphatic rings. The van der Waals surface area contributed by atoms with E-state index in [2.05, 4.69) is 22.9 Å². The van der Waals surface area contributed by atoms with Crippen LogP contribution in [0.15, 0.2) is 0 Å². The third-order valence-electron chi connectivity index (χ3n) is 8.78. The van der Waals surface area contributed by atoms with Gasteiger partial charge in [-0.2, -0.15) is 0 Å². The molecule has 3 N–H and O–H groups in total. The maximum atomic E-state index is 14.2. The first-order valence-corrected chi connectivity index (χ1v) is 17.3. The van der Waals surface area contributed by atoms with Crippen LogP contribution >= 0.6 is 0 Å². The van der Waals surface area contributed by atoms with Crippen LogP contribution in [0.5, 0.6) is 0 Å². The van der Waals surface area contributed by atoms with Crippen LogP contribution in [0.25, 0.3) is 0 Å². The number of amides is 5. The lowest BCUT2D eigenvalue weighted by molar-refractivity contribution is -0.155. The second-order valence-corrected chi connectivity index (χ2v) is 14.5. The summed E-state index contributed by atoms with van der Waals surface area (Å²) in [5.74, 6) is -2.47. The zero-order valence-electron chi connectivity index (χ0n) is 31.7. The van der Waals surface area contributed by atoms with Gasteiger partial charge in [-0.05, 0) is 43.1 Å². The van der Waals surface area contributed by atoms with Crippen LogP contribution in [0.1, 0.15) is 102 Å². The Hall–Kier alpha value is -2.69. The first kappa shape index (κ1) is 43.3. The predicted molar refractivity (Wildman–Crippen MR) is 186 cm³/mol. The largest absolute Gasteiger partial charge is 0.354 e. The van der Waals surface area contributed by atoms with Gasteiger partial charge in [0.15, 0.2) is 0 Å². The van der Waals surface area contributed by atoms with Crippen molar-refractivity contribution in [2.75, 3.05) is 34.7 Å². The van der Waals surface area contributed by atoms with E-state index >= 15 is 0 Å². The van der Waals surface area contributed by atoms with Crippen molar-refractivity contribution in [1.29, 1.82) is 0 Å². The van der Waals surface area contributed by atoms with Crippen molar-refractivity contribution in [3.8, 4) is 0 Å². The van der Waals surface area contributed by atoms with Crippen LogP contribution in [0.3, 0.4) is 0 Å². The van der Waals surface area contributed by atoms with Crippen molar-refractivity contribution in [3.63, 3.8) is 0 Å². The van der Waals surface area contributed by atoms with Crippen LogP contribution in [0.4, 0.5) is 0 Å². The molecule has 268 valence electrons. The molecule has 0 unspecified atom stereocenters. The summed E-state index contributed by atoms with van der Waals surface area (Å²) in [6.45, 7) is 21.5. The highest BCUT2D eigenvalue weighted by Gasteiger charge is 2.42. The van der Waals surface area contributed by atoms with E-state index in [9.17, 15) is 24.0 Å². The Morgan fingerprint density at radius 2 is 0.935 bits per heavy atom. The Kier molecular flexibility index (Phi) is 19.3. The lowest BCUT2D eigenvalue weighted by Gasteiger charge is -2.41. The quantitative estimate of drug-likeness (QED) is 0.173. The average Bonchev–Trinajstić information content (AvgIpc) is 2.94. The molecule has 0 aromatic heterocycles. The van der Waals surface area contributed by atoms with E-state index in [4.69, 9.17) is 0 Å². The third-order valence-corrected chi connectivity index (χ3v) is 8.78. The lowest BCUT2D eigenvalue weighted by atomic mass is 9.94. The number of rotatable bonds is 20. The lowest BCUT2D eigenvalue weighted by Crippen LogP contribution is -2.62. The molecule has 0 aromatic carbocycles. The van der Waals surface area contributed by atoms with E-state index in [0.717, 1.165) is 25.7 Å². The molecule has 0 radical (unpaired) electrons. The van der Waals surface area contributed by atoms with Gasteiger partial charge in [-0.15, -0.1) is 0 Å². The molecule has 11 nitrogen and oxygen atoms in total. The van der Waals surface area contributed by atoms with E-state index < -0.39 is 30.2 Å². The van der Waals surface area contributed by atoms with E-state index in [1.54, 1.807) is 28.2 Å². The zero-order valence-corrected chi connectivity index (χ0v) is 31.7. The van der Waals surface area contributed by atoms with Crippen molar-refractivity contribution in [1.82, 2.24) is 30.7 Å². The maximum absolute atomic E-state index is 14.2. The predicted octanol–water partition coefficient (Wildman–Crippen LogP) is 3.52. The van der Waals surface area contributed by atoms with E-state index in [0.29, 0.717) is 6.54 Å². The Labute approximate surface area is 280 Å². The number of nitrogens with zero attached hydrogens (tertiary/aromatic N) is 3. The van der Waals surface area contributed by atoms with Gasteiger partial charge in [-0.25, -0.2) is 0 Å². The van der Waals surface area contributed by atoms with Gasteiger partial charge in [0.05, 0.1) is 6.04 Å². The Bertz CT molecular complexity index is 983. The van der Waals surface area contributed by atoms with Crippen LogP contribution < -0.4 is 16.0 Å². The second kappa shape index (κ2) is 20.5. The molecule has 0 saturated heterocycles. The van der Waals surface area contributed by atoms with Crippen molar-refractivity contribution < 1.29 is 24.0 Å². The van der Waals surface area contributed by atoms with Crippen LogP contribution in [-0.2, 0) is 24.0 Å². The number of hydrogen-bond acceptors (Lipinski definition) is 6. The number of unbranched alkanes of at least 4 members (excludes halogenated alkanes) is 3. The van der Waals surface area contributed by atoms with E-state index in [1.807, 2.05) is 69.2 Å².